The molecule has 3 heterocycles. The summed E-state index contributed by atoms with van der Waals surface area (Å²) in [5.41, 5.74) is 4.85. The third-order valence-corrected chi connectivity index (χ3v) is 5.09. The molecule has 3 aromatic rings. The maximum atomic E-state index is 11.4. The second kappa shape index (κ2) is 7.32. The van der Waals surface area contributed by atoms with Crippen LogP contribution in [-0.2, 0) is 4.79 Å². The van der Waals surface area contributed by atoms with Gasteiger partial charge in [-0.15, -0.1) is 0 Å². The van der Waals surface area contributed by atoms with Crippen LogP contribution in [0.1, 0.15) is 31.7 Å². The van der Waals surface area contributed by atoms with Crippen molar-refractivity contribution in [3.63, 3.8) is 0 Å². The van der Waals surface area contributed by atoms with Gasteiger partial charge in [-0.25, -0.2) is 9.97 Å². The molecular formula is C21H22N4O2. The van der Waals surface area contributed by atoms with E-state index in [1.807, 2.05) is 12.4 Å². The summed E-state index contributed by atoms with van der Waals surface area (Å²) in [5, 5.41) is 4.52. The molecule has 6 nitrogen and oxygen atoms in total. The van der Waals surface area contributed by atoms with E-state index in [1.54, 1.807) is 13.1 Å². The number of carbonyl (C=O) groups excluding carboxylic acids is 1. The summed E-state index contributed by atoms with van der Waals surface area (Å²) in [5.74, 6) is 0.758. The number of oxazole rings is 1. The van der Waals surface area contributed by atoms with Gasteiger partial charge in [-0.1, -0.05) is 12.7 Å². The topological polar surface area (TPSA) is 83.8 Å². The molecule has 1 aliphatic carbocycles. The van der Waals surface area contributed by atoms with Crippen LogP contribution in [0.4, 0.5) is 0 Å². The van der Waals surface area contributed by atoms with E-state index in [4.69, 9.17) is 4.42 Å². The number of nitrogens with zero attached hydrogens (tertiary/aromatic N) is 2. The van der Waals surface area contributed by atoms with Gasteiger partial charge in [0.25, 0.3) is 0 Å². The molecule has 1 aliphatic rings. The lowest BCUT2D eigenvalue weighted by atomic mass is 9.88. The highest BCUT2D eigenvalue weighted by Gasteiger charge is 2.21. The molecule has 27 heavy (non-hydrogen) atoms. The monoisotopic (exact) mass is 362 g/mol. The molecule has 4 rings (SSSR count). The molecule has 0 fully saturated rings. The number of H-pyrrole nitrogens is 1. The van der Waals surface area contributed by atoms with Crippen LogP contribution in [0, 0.1) is 0 Å². The molecule has 1 atom stereocenters. The van der Waals surface area contributed by atoms with Crippen LogP contribution in [0.5, 0.6) is 0 Å². The Kier molecular flexibility index (Phi) is 4.73. The van der Waals surface area contributed by atoms with E-state index in [0.29, 0.717) is 18.2 Å². The molecule has 0 saturated carbocycles. The lowest BCUT2D eigenvalue weighted by Crippen LogP contribution is -2.33. The predicted octanol–water partition coefficient (Wildman–Crippen LogP) is 3.89. The first kappa shape index (κ1) is 17.4. The van der Waals surface area contributed by atoms with Crippen molar-refractivity contribution in [2.45, 2.75) is 32.2 Å². The van der Waals surface area contributed by atoms with Gasteiger partial charge in [-0.05, 0) is 43.4 Å². The average molecular weight is 362 g/mol. The van der Waals surface area contributed by atoms with Crippen LogP contribution < -0.4 is 5.32 Å². The van der Waals surface area contributed by atoms with Gasteiger partial charge in [-0.2, -0.15) is 0 Å². The zero-order valence-corrected chi connectivity index (χ0v) is 15.3. The van der Waals surface area contributed by atoms with E-state index in [1.165, 1.54) is 12.0 Å². The Morgan fingerprint density at radius 3 is 3.11 bits per heavy atom. The summed E-state index contributed by atoms with van der Waals surface area (Å²) in [6.07, 6.45) is 12.1. The highest BCUT2D eigenvalue weighted by Crippen LogP contribution is 2.36. The SMILES string of the molecule is C=C(CNC1CCC=C(c2ccnc3[nH]cc(-c4cnco4)c23)C1)C(C)=O. The number of hydrogen-bond acceptors (Lipinski definition) is 5. The number of allylic oxidation sites excluding steroid dienone is 1. The average Bonchev–Trinajstić information content (AvgIpc) is 3.35. The molecule has 2 N–H and O–H groups in total. The van der Waals surface area contributed by atoms with E-state index in [2.05, 4.69) is 39.0 Å². The van der Waals surface area contributed by atoms with Crippen molar-refractivity contribution in [1.82, 2.24) is 20.3 Å². The molecule has 0 radical (unpaired) electrons. The molecule has 138 valence electrons. The maximum absolute atomic E-state index is 11.4. The third kappa shape index (κ3) is 3.48. The number of aromatic amines is 1. The first-order valence-electron chi connectivity index (χ1n) is 9.10. The molecule has 0 aliphatic heterocycles. The molecule has 0 spiro atoms. The third-order valence-electron chi connectivity index (χ3n) is 5.09. The minimum atomic E-state index is 0.0361. The zero-order chi connectivity index (χ0) is 18.8. The van der Waals surface area contributed by atoms with Crippen molar-refractivity contribution < 1.29 is 9.21 Å². The number of hydrogen-bond donors (Lipinski definition) is 2. The van der Waals surface area contributed by atoms with Crippen molar-refractivity contribution >= 4 is 22.4 Å². The molecular weight excluding hydrogens is 340 g/mol. The van der Waals surface area contributed by atoms with Gasteiger partial charge in [0.15, 0.2) is 17.9 Å². The molecule has 3 aromatic heterocycles. The van der Waals surface area contributed by atoms with E-state index in [0.717, 1.165) is 47.2 Å². The van der Waals surface area contributed by atoms with Gasteiger partial charge in [0.1, 0.15) is 5.65 Å². The fraction of sp³-hybridized carbons (Fsp3) is 0.286. The lowest BCUT2D eigenvalue weighted by molar-refractivity contribution is -0.113. The first-order valence-corrected chi connectivity index (χ1v) is 9.10. The summed E-state index contributed by atoms with van der Waals surface area (Å²) >= 11 is 0. The van der Waals surface area contributed by atoms with Crippen LogP contribution >= 0.6 is 0 Å². The summed E-state index contributed by atoms with van der Waals surface area (Å²) in [7, 11) is 0. The van der Waals surface area contributed by atoms with Crippen LogP contribution in [0.3, 0.4) is 0 Å². The minimum absolute atomic E-state index is 0.0361. The van der Waals surface area contributed by atoms with Gasteiger partial charge < -0.3 is 14.7 Å². The number of fused-ring (bicyclic) bond motifs is 1. The summed E-state index contributed by atoms with van der Waals surface area (Å²) < 4.78 is 5.50. The minimum Gasteiger partial charge on any atom is -0.443 e. The molecule has 0 aromatic carbocycles. The maximum Gasteiger partial charge on any atom is 0.181 e. The quantitative estimate of drug-likeness (QED) is 0.650. The second-order valence-corrected chi connectivity index (χ2v) is 6.90. The lowest BCUT2D eigenvalue weighted by Gasteiger charge is -2.25. The first-order chi connectivity index (χ1) is 13.1. The van der Waals surface area contributed by atoms with Gasteiger partial charge >= 0.3 is 0 Å². The molecule has 0 bridgehead atoms. The zero-order valence-electron chi connectivity index (χ0n) is 15.3. The van der Waals surface area contributed by atoms with Crippen molar-refractivity contribution in [1.29, 1.82) is 0 Å². The van der Waals surface area contributed by atoms with E-state index < -0.39 is 0 Å². The van der Waals surface area contributed by atoms with Crippen molar-refractivity contribution in [2.24, 2.45) is 0 Å². The smallest absolute Gasteiger partial charge is 0.181 e. The highest BCUT2D eigenvalue weighted by molar-refractivity contribution is 6.00. The predicted molar refractivity (Wildman–Crippen MR) is 105 cm³/mol. The number of nitrogens with one attached hydrogen (secondary N) is 2. The van der Waals surface area contributed by atoms with Gasteiger partial charge in [-0.3, -0.25) is 4.79 Å². The highest BCUT2D eigenvalue weighted by atomic mass is 16.3. The number of ketones is 1. The van der Waals surface area contributed by atoms with Crippen LogP contribution in [0.2, 0.25) is 0 Å². The summed E-state index contributed by atoms with van der Waals surface area (Å²) in [4.78, 5) is 23.1. The fourth-order valence-electron chi connectivity index (χ4n) is 3.56. The van der Waals surface area contributed by atoms with Crippen LogP contribution in [0.25, 0.3) is 27.9 Å². The molecule has 0 amide bonds. The van der Waals surface area contributed by atoms with Crippen molar-refractivity contribution in [2.75, 3.05) is 6.54 Å². The van der Waals surface area contributed by atoms with Crippen molar-refractivity contribution in [3.05, 3.63) is 54.8 Å². The molecule has 1 unspecified atom stereocenters. The number of Topliss-reactive ketones (excluding diaryl/α,β-unsaturated/α-hetero) is 1. The van der Waals surface area contributed by atoms with Gasteiger partial charge in [0, 0.05) is 41.5 Å². The number of rotatable bonds is 6. The van der Waals surface area contributed by atoms with E-state index in [9.17, 15) is 4.79 Å². The fourth-order valence-corrected chi connectivity index (χ4v) is 3.56. The normalized spacial score (nSPS) is 17.1. The number of carbonyl (C=O) groups is 1. The van der Waals surface area contributed by atoms with Crippen LogP contribution in [-0.4, -0.2) is 33.3 Å². The Hall–Kier alpha value is -2.99. The molecule has 6 heteroatoms. The largest absolute Gasteiger partial charge is 0.443 e. The Morgan fingerprint density at radius 1 is 1.44 bits per heavy atom. The Balaban J connectivity index is 1.62. The second-order valence-electron chi connectivity index (χ2n) is 6.90. The van der Waals surface area contributed by atoms with E-state index in [-0.39, 0.29) is 5.78 Å². The number of aromatic nitrogens is 3. The number of pyridine rings is 1. The Bertz CT molecular complexity index is 1010. The van der Waals surface area contributed by atoms with Crippen molar-refractivity contribution in [3.8, 4) is 11.3 Å². The van der Waals surface area contributed by atoms with Gasteiger partial charge in [0.2, 0.25) is 0 Å². The summed E-state index contributed by atoms with van der Waals surface area (Å²) in [6, 6.07) is 2.37. The molecule has 0 saturated heterocycles. The Morgan fingerprint density at radius 2 is 2.33 bits per heavy atom. The van der Waals surface area contributed by atoms with Crippen LogP contribution in [0.15, 0.2) is 53.7 Å². The Labute approximate surface area is 157 Å². The standard InChI is InChI=1S/C21H22N4O2/c1-13(14(2)26)9-24-16-5-3-4-15(8-16)17-6-7-23-21-20(17)18(10-25-21)19-11-22-12-27-19/h4,6-7,10-12,16,24H,1,3,5,8-9H2,2H3,(H,23,25). The van der Waals surface area contributed by atoms with E-state index >= 15 is 0 Å². The van der Waals surface area contributed by atoms with Gasteiger partial charge in [0.05, 0.1) is 6.20 Å². The summed E-state index contributed by atoms with van der Waals surface area (Å²) in [6.45, 7) is 5.93.